The quantitative estimate of drug-likeness (QED) is 0.711. The van der Waals surface area contributed by atoms with Gasteiger partial charge in [-0.1, -0.05) is 24.3 Å². The van der Waals surface area contributed by atoms with E-state index in [9.17, 15) is 4.79 Å². The van der Waals surface area contributed by atoms with Gasteiger partial charge < -0.3 is 19.1 Å². The average molecular weight is 355 g/mol. The second-order valence-electron chi connectivity index (χ2n) is 5.91. The van der Waals surface area contributed by atoms with Crippen molar-refractivity contribution in [1.82, 2.24) is 4.90 Å². The molecular formula is C21H25NO4. The SMILES string of the molecule is COc1cc(/C=C/C(=O)N(C)Cc2ccccc2C)cc(OC)c1OC. The van der Waals surface area contributed by atoms with Gasteiger partial charge in [0.2, 0.25) is 11.7 Å². The largest absolute Gasteiger partial charge is 0.493 e. The molecule has 0 aromatic heterocycles. The maximum atomic E-state index is 12.4. The van der Waals surface area contributed by atoms with Crippen LogP contribution >= 0.6 is 0 Å². The van der Waals surface area contributed by atoms with Crippen molar-refractivity contribution in [3.05, 3.63) is 59.2 Å². The smallest absolute Gasteiger partial charge is 0.246 e. The number of likely N-dealkylation sites (N-methyl/N-ethyl adjacent to an activating group) is 1. The molecule has 0 saturated heterocycles. The number of ether oxygens (including phenoxy) is 3. The van der Waals surface area contributed by atoms with Crippen LogP contribution in [0.4, 0.5) is 0 Å². The highest BCUT2D eigenvalue weighted by Crippen LogP contribution is 2.38. The Kier molecular flexibility index (Phi) is 6.67. The summed E-state index contributed by atoms with van der Waals surface area (Å²) in [6.45, 7) is 2.60. The molecule has 2 aromatic carbocycles. The summed E-state index contributed by atoms with van der Waals surface area (Å²) in [4.78, 5) is 14.1. The molecule has 0 aliphatic heterocycles. The fraction of sp³-hybridized carbons (Fsp3) is 0.286. The van der Waals surface area contributed by atoms with E-state index in [1.807, 2.05) is 31.2 Å². The van der Waals surface area contributed by atoms with Crippen LogP contribution in [0.1, 0.15) is 16.7 Å². The van der Waals surface area contributed by atoms with E-state index < -0.39 is 0 Å². The Hall–Kier alpha value is -2.95. The lowest BCUT2D eigenvalue weighted by Gasteiger charge is -2.17. The van der Waals surface area contributed by atoms with Gasteiger partial charge in [0, 0.05) is 19.7 Å². The Balaban J connectivity index is 2.15. The van der Waals surface area contributed by atoms with Crippen LogP contribution in [0, 0.1) is 6.92 Å². The van der Waals surface area contributed by atoms with Gasteiger partial charge >= 0.3 is 0 Å². The second-order valence-corrected chi connectivity index (χ2v) is 5.91. The first-order chi connectivity index (χ1) is 12.5. The lowest BCUT2D eigenvalue weighted by atomic mass is 10.1. The first-order valence-electron chi connectivity index (χ1n) is 8.27. The van der Waals surface area contributed by atoms with E-state index in [2.05, 4.69) is 0 Å². The van der Waals surface area contributed by atoms with Gasteiger partial charge in [-0.15, -0.1) is 0 Å². The van der Waals surface area contributed by atoms with E-state index in [0.717, 1.165) is 11.1 Å². The summed E-state index contributed by atoms with van der Waals surface area (Å²) in [6, 6.07) is 11.6. The molecule has 26 heavy (non-hydrogen) atoms. The lowest BCUT2D eigenvalue weighted by Crippen LogP contribution is -2.24. The molecule has 0 bridgehead atoms. The van der Waals surface area contributed by atoms with Crippen molar-refractivity contribution >= 4 is 12.0 Å². The van der Waals surface area contributed by atoms with Crippen molar-refractivity contribution in [1.29, 1.82) is 0 Å². The summed E-state index contributed by atoms with van der Waals surface area (Å²) in [5.74, 6) is 1.54. The van der Waals surface area contributed by atoms with Gasteiger partial charge in [0.15, 0.2) is 11.5 Å². The maximum Gasteiger partial charge on any atom is 0.246 e. The summed E-state index contributed by atoms with van der Waals surface area (Å²) < 4.78 is 16.0. The molecule has 0 N–H and O–H groups in total. The summed E-state index contributed by atoms with van der Waals surface area (Å²) in [5, 5.41) is 0. The minimum atomic E-state index is -0.0815. The zero-order valence-electron chi connectivity index (χ0n) is 15.9. The van der Waals surface area contributed by atoms with Gasteiger partial charge in [0.05, 0.1) is 21.3 Å². The lowest BCUT2D eigenvalue weighted by molar-refractivity contribution is -0.125. The molecule has 5 nitrogen and oxygen atoms in total. The van der Waals surface area contributed by atoms with Crippen molar-refractivity contribution in [2.75, 3.05) is 28.4 Å². The first-order valence-corrected chi connectivity index (χ1v) is 8.27. The zero-order valence-corrected chi connectivity index (χ0v) is 15.9. The first kappa shape index (κ1) is 19.4. The molecule has 0 aliphatic carbocycles. The fourth-order valence-corrected chi connectivity index (χ4v) is 2.61. The normalized spacial score (nSPS) is 10.7. The number of carbonyl (C=O) groups is 1. The number of benzene rings is 2. The predicted octanol–water partition coefficient (Wildman–Crippen LogP) is 3.69. The number of carbonyl (C=O) groups excluding carboxylic acids is 1. The molecule has 2 rings (SSSR count). The molecule has 0 saturated carbocycles. The Morgan fingerprint density at radius 1 is 1.04 bits per heavy atom. The van der Waals surface area contributed by atoms with E-state index in [-0.39, 0.29) is 5.91 Å². The van der Waals surface area contributed by atoms with Crippen molar-refractivity contribution in [2.45, 2.75) is 13.5 Å². The summed E-state index contributed by atoms with van der Waals surface area (Å²) in [7, 11) is 6.46. The number of aryl methyl sites for hydroxylation is 1. The monoisotopic (exact) mass is 355 g/mol. The topological polar surface area (TPSA) is 48.0 Å². The Bertz CT molecular complexity index is 773. The van der Waals surface area contributed by atoms with E-state index >= 15 is 0 Å². The van der Waals surface area contributed by atoms with Crippen LogP contribution in [0.5, 0.6) is 17.2 Å². The third-order valence-corrected chi connectivity index (χ3v) is 4.15. The third-order valence-electron chi connectivity index (χ3n) is 4.15. The van der Waals surface area contributed by atoms with E-state index in [1.165, 1.54) is 5.56 Å². The molecule has 138 valence electrons. The van der Waals surface area contributed by atoms with Crippen LogP contribution in [0.25, 0.3) is 6.08 Å². The second kappa shape index (κ2) is 8.94. The molecule has 0 heterocycles. The van der Waals surface area contributed by atoms with Crippen LogP contribution in [0.3, 0.4) is 0 Å². The number of hydrogen-bond donors (Lipinski definition) is 0. The van der Waals surface area contributed by atoms with Gasteiger partial charge in [0.25, 0.3) is 0 Å². The van der Waals surface area contributed by atoms with E-state index in [1.54, 1.807) is 57.6 Å². The molecule has 0 atom stereocenters. The van der Waals surface area contributed by atoms with Crippen LogP contribution in [0.15, 0.2) is 42.5 Å². The Morgan fingerprint density at radius 3 is 2.19 bits per heavy atom. The highest BCUT2D eigenvalue weighted by molar-refractivity contribution is 5.91. The number of methoxy groups -OCH3 is 3. The standard InChI is InChI=1S/C21H25NO4/c1-15-8-6-7-9-17(15)14-22(2)20(23)11-10-16-12-18(24-3)21(26-5)19(13-16)25-4/h6-13H,14H2,1-5H3/b11-10+. The Labute approximate surface area is 154 Å². The van der Waals surface area contributed by atoms with Crippen molar-refractivity contribution in [3.63, 3.8) is 0 Å². The average Bonchev–Trinajstić information content (AvgIpc) is 2.66. The third kappa shape index (κ3) is 4.57. The molecule has 0 radical (unpaired) electrons. The van der Waals surface area contributed by atoms with Crippen molar-refractivity contribution in [2.24, 2.45) is 0 Å². The molecule has 0 unspecified atom stereocenters. The van der Waals surface area contributed by atoms with Gasteiger partial charge in [-0.3, -0.25) is 4.79 Å². The molecule has 2 aromatic rings. The van der Waals surface area contributed by atoms with Crippen molar-refractivity contribution < 1.29 is 19.0 Å². The molecule has 1 amide bonds. The van der Waals surface area contributed by atoms with E-state index in [4.69, 9.17) is 14.2 Å². The maximum absolute atomic E-state index is 12.4. The van der Waals surface area contributed by atoms with E-state index in [0.29, 0.717) is 23.8 Å². The zero-order chi connectivity index (χ0) is 19.1. The fourth-order valence-electron chi connectivity index (χ4n) is 2.61. The minimum Gasteiger partial charge on any atom is -0.493 e. The van der Waals surface area contributed by atoms with Crippen LogP contribution in [0.2, 0.25) is 0 Å². The molecule has 0 spiro atoms. The number of amides is 1. The molecule has 0 aliphatic rings. The summed E-state index contributed by atoms with van der Waals surface area (Å²) >= 11 is 0. The van der Waals surface area contributed by atoms with Gasteiger partial charge in [-0.05, 0) is 41.8 Å². The van der Waals surface area contributed by atoms with Crippen molar-refractivity contribution in [3.8, 4) is 17.2 Å². The number of rotatable bonds is 7. The van der Waals surface area contributed by atoms with Crippen LogP contribution in [-0.4, -0.2) is 39.2 Å². The molecule has 5 heteroatoms. The highest BCUT2D eigenvalue weighted by Gasteiger charge is 2.13. The Morgan fingerprint density at radius 2 is 1.65 bits per heavy atom. The molecule has 0 fully saturated rings. The highest BCUT2D eigenvalue weighted by atomic mass is 16.5. The minimum absolute atomic E-state index is 0.0815. The number of nitrogens with zero attached hydrogens (tertiary/aromatic N) is 1. The summed E-state index contributed by atoms with van der Waals surface area (Å²) in [5.41, 5.74) is 3.09. The van der Waals surface area contributed by atoms with Crippen LogP contribution in [-0.2, 0) is 11.3 Å². The van der Waals surface area contributed by atoms with Crippen LogP contribution < -0.4 is 14.2 Å². The van der Waals surface area contributed by atoms with Gasteiger partial charge in [-0.25, -0.2) is 0 Å². The van der Waals surface area contributed by atoms with Gasteiger partial charge in [0.1, 0.15) is 0 Å². The predicted molar refractivity (Wildman–Crippen MR) is 103 cm³/mol. The van der Waals surface area contributed by atoms with Gasteiger partial charge in [-0.2, -0.15) is 0 Å². The molecular weight excluding hydrogens is 330 g/mol. The number of hydrogen-bond acceptors (Lipinski definition) is 4. The summed E-state index contributed by atoms with van der Waals surface area (Å²) in [6.07, 6.45) is 3.28.